The van der Waals surface area contributed by atoms with Gasteiger partial charge in [0.2, 0.25) is 11.8 Å². The van der Waals surface area contributed by atoms with E-state index in [1.54, 1.807) is 4.90 Å². The van der Waals surface area contributed by atoms with Crippen LogP contribution in [0.15, 0.2) is 4.21 Å². The van der Waals surface area contributed by atoms with Gasteiger partial charge in [-0.1, -0.05) is 23.1 Å². The summed E-state index contributed by atoms with van der Waals surface area (Å²) in [6.07, 6.45) is 2.38. The van der Waals surface area contributed by atoms with Crippen molar-refractivity contribution in [3.63, 3.8) is 0 Å². The lowest BCUT2D eigenvalue weighted by Crippen LogP contribution is -2.40. The van der Waals surface area contributed by atoms with E-state index in [0.29, 0.717) is 23.8 Å². The van der Waals surface area contributed by atoms with Crippen LogP contribution in [-0.4, -0.2) is 40.5 Å². The fraction of sp³-hybridized carbons (Fsp3) is 0.538. The minimum absolute atomic E-state index is 0.0389. The highest BCUT2D eigenvalue weighted by atomic mass is 32.2. The van der Waals surface area contributed by atoms with Gasteiger partial charge in [-0.15, -0.1) is 0 Å². The lowest BCUT2D eigenvalue weighted by Gasteiger charge is -2.25. The number of hydrogen-bond donors (Lipinski definition) is 1. The zero-order chi connectivity index (χ0) is 15.2. The summed E-state index contributed by atoms with van der Waals surface area (Å²) >= 11 is 2.77. The summed E-state index contributed by atoms with van der Waals surface area (Å²) in [5.41, 5.74) is 0.810. The molecule has 1 aromatic heterocycles. The van der Waals surface area contributed by atoms with Gasteiger partial charge in [-0.2, -0.15) is 5.26 Å². The molecule has 1 aliphatic heterocycles. The molecule has 1 saturated heterocycles. The van der Waals surface area contributed by atoms with E-state index in [9.17, 15) is 9.59 Å². The highest BCUT2D eigenvalue weighted by molar-refractivity contribution is 8.01. The average molecular weight is 324 g/mol. The molecule has 0 radical (unpaired) electrons. The Hall–Kier alpha value is -1.59. The molecule has 0 bridgehead atoms. The summed E-state index contributed by atoms with van der Waals surface area (Å²) in [6.45, 7) is 2.57. The topological polar surface area (TPSA) is 86.1 Å². The summed E-state index contributed by atoms with van der Waals surface area (Å²) in [4.78, 5) is 29.5. The van der Waals surface area contributed by atoms with Crippen LogP contribution in [-0.2, 0) is 9.59 Å². The third-order valence-corrected chi connectivity index (χ3v) is 5.33. The van der Waals surface area contributed by atoms with E-state index >= 15 is 0 Å². The molecule has 0 aromatic carbocycles. The number of anilines is 1. The van der Waals surface area contributed by atoms with Crippen molar-refractivity contribution in [1.29, 1.82) is 5.26 Å². The Labute approximate surface area is 131 Å². The molecule has 0 atom stereocenters. The highest BCUT2D eigenvalue weighted by Gasteiger charge is 2.21. The number of carbonyl (C=O) groups excluding carboxylic acids is 2. The van der Waals surface area contributed by atoms with E-state index in [-0.39, 0.29) is 18.4 Å². The number of carbonyl (C=O) groups is 2. The zero-order valence-corrected chi connectivity index (χ0v) is 13.4. The molecule has 6 nitrogen and oxygen atoms in total. The van der Waals surface area contributed by atoms with Crippen molar-refractivity contribution >= 4 is 40.0 Å². The predicted molar refractivity (Wildman–Crippen MR) is 82.2 cm³/mol. The monoisotopic (exact) mass is 324 g/mol. The van der Waals surface area contributed by atoms with Crippen molar-refractivity contribution in [2.45, 2.75) is 30.4 Å². The summed E-state index contributed by atoms with van der Waals surface area (Å²) in [5.74, 6) is 0.173. The van der Waals surface area contributed by atoms with Crippen molar-refractivity contribution in [1.82, 2.24) is 9.88 Å². The fourth-order valence-electron chi connectivity index (χ4n) is 2.03. The molecule has 0 aliphatic carbocycles. The maximum atomic E-state index is 12.0. The minimum atomic E-state index is -0.226. The molecule has 2 heterocycles. The SMILES string of the molecule is Cc1nc(NC(=O)CN2CCCCC2=O)sc1SCC#N. The van der Waals surface area contributed by atoms with Crippen LogP contribution in [0.25, 0.3) is 0 Å². The molecular formula is C13H16N4O2S2. The van der Waals surface area contributed by atoms with Gasteiger partial charge in [0.1, 0.15) is 0 Å². The van der Waals surface area contributed by atoms with Crippen LogP contribution in [0.2, 0.25) is 0 Å². The minimum Gasteiger partial charge on any atom is -0.333 e. The number of thioether (sulfide) groups is 1. The number of nitrogens with one attached hydrogen (secondary N) is 1. The normalized spacial score (nSPS) is 14.9. The van der Waals surface area contributed by atoms with Gasteiger partial charge in [-0.25, -0.2) is 4.98 Å². The Balaban J connectivity index is 1.90. The quantitative estimate of drug-likeness (QED) is 0.837. The van der Waals surface area contributed by atoms with Gasteiger partial charge in [0.15, 0.2) is 5.13 Å². The number of rotatable bonds is 5. The van der Waals surface area contributed by atoms with Gasteiger partial charge in [-0.3, -0.25) is 9.59 Å². The third kappa shape index (κ3) is 4.44. The number of hydrogen-bond acceptors (Lipinski definition) is 6. The summed E-state index contributed by atoms with van der Waals surface area (Å²) in [5, 5.41) is 11.8. The van der Waals surface area contributed by atoms with Crippen LogP contribution in [0.4, 0.5) is 5.13 Å². The number of piperidine rings is 1. The Bertz CT molecular complexity index is 579. The first-order chi connectivity index (χ1) is 10.1. The van der Waals surface area contributed by atoms with Gasteiger partial charge in [0, 0.05) is 13.0 Å². The number of likely N-dealkylation sites (tertiary alicyclic amines) is 1. The van der Waals surface area contributed by atoms with Crippen LogP contribution in [0.3, 0.4) is 0 Å². The number of aromatic nitrogens is 1. The zero-order valence-electron chi connectivity index (χ0n) is 11.7. The molecule has 1 aliphatic rings. The highest BCUT2D eigenvalue weighted by Crippen LogP contribution is 2.31. The molecule has 0 unspecified atom stereocenters. The van der Waals surface area contributed by atoms with Crippen molar-refractivity contribution < 1.29 is 9.59 Å². The number of amides is 2. The van der Waals surface area contributed by atoms with Crippen LogP contribution in [0.5, 0.6) is 0 Å². The van der Waals surface area contributed by atoms with Crippen molar-refractivity contribution in [3.8, 4) is 6.07 Å². The predicted octanol–water partition coefficient (Wildman–Crippen LogP) is 2.02. The van der Waals surface area contributed by atoms with E-state index in [1.807, 2.05) is 6.92 Å². The summed E-state index contributed by atoms with van der Waals surface area (Å²) in [6, 6.07) is 2.06. The fourth-order valence-corrected chi connectivity index (χ4v) is 3.84. The van der Waals surface area contributed by atoms with Gasteiger partial charge in [0.05, 0.1) is 28.3 Å². The maximum Gasteiger partial charge on any atom is 0.245 e. The van der Waals surface area contributed by atoms with Gasteiger partial charge in [0.25, 0.3) is 0 Å². The summed E-state index contributed by atoms with van der Waals surface area (Å²) in [7, 11) is 0. The standard InChI is InChI=1S/C13H16N4O2S2/c1-9-12(20-7-5-14)21-13(15-9)16-10(18)8-17-6-3-2-4-11(17)19/h2-4,6-8H2,1H3,(H,15,16,18). The van der Waals surface area contributed by atoms with Gasteiger partial charge < -0.3 is 10.2 Å². The second-order valence-electron chi connectivity index (χ2n) is 4.66. The molecule has 0 spiro atoms. The van der Waals surface area contributed by atoms with Crippen LogP contribution in [0.1, 0.15) is 25.0 Å². The third-order valence-electron chi connectivity index (χ3n) is 3.02. The Kier molecular flexibility index (Phi) is 5.59. The first-order valence-corrected chi connectivity index (χ1v) is 8.45. The average Bonchev–Trinajstić information content (AvgIpc) is 2.79. The summed E-state index contributed by atoms with van der Waals surface area (Å²) < 4.78 is 0.931. The van der Waals surface area contributed by atoms with E-state index in [1.165, 1.54) is 23.1 Å². The molecule has 112 valence electrons. The number of aryl methyl sites for hydroxylation is 1. The van der Waals surface area contributed by atoms with Crippen molar-refractivity contribution in [3.05, 3.63) is 5.69 Å². The van der Waals surface area contributed by atoms with Crippen LogP contribution in [0, 0.1) is 18.3 Å². The lowest BCUT2D eigenvalue weighted by molar-refractivity contribution is -0.136. The van der Waals surface area contributed by atoms with E-state index in [0.717, 1.165) is 22.7 Å². The first-order valence-electron chi connectivity index (χ1n) is 6.65. The van der Waals surface area contributed by atoms with E-state index < -0.39 is 0 Å². The largest absolute Gasteiger partial charge is 0.333 e. The van der Waals surface area contributed by atoms with Crippen molar-refractivity contribution in [2.75, 3.05) is 24.2 Å². The molecule has 1 aromatic rings. The van der Waals surface area contributed by atoms with Crippen LogP contribution >= 0.6 is 23.1 Å². The molecule has 1 N–H and O–H groups in total. The Morgan fingerprint density at radius 3 is 3.10 bits per heavy atom. The van der Waals surface area contributed by atoms with Gasteiger partial charge >= 0.3 is 0 Å². The molecular weight excluding hydrogens is 308 g/mol. The van der Waals surface area contributed by atoms with Crippen LogP contribution < -0.4 is 5.32 Å². The molecule has 0 saturated carbocycles. The lowest BCUT2D eigenvalue weighted by atomic mass is 10.1. The van der Waals surface area contributed by atoms with E-state index in [4.69, 9.17) is 5.26 Å². The molecule has 2 rings (SSSR count). The second-order valence-corrected chi connectivity index (χ2v) is 6.90. The Morgan fingerprint density at radius 1 is 1.57 bits per heavy atom. The second kappa shape index (κ2) is 7.43. The number of thiazole rings is 1. The molecule has 8 heteroatoms. The maximum absolute atomic E-state index is 12.0. The first kappa shape index (κ1) is 15.8. The van der Waals surface area contributed by atoms with Gasteiger partial charge in [-0.05, 0) is 19.8 Å². The number of nitriles is 1. The Morgan fingerprint density at radius 2 is 2.38 bits per heavy atom. The number of nitrogens with zero attached hydrogens (tertiary/aromatic N) is 3. The molecule has 21 heavy (non-hydrogen) atoms. The van der Waals surface area contributed by atoms with E-state index in [2.05, 4.69) is 16.4 Å². The molecule has 2 amide bonds. The smallest absolute Gasteiger partial charge is 0.245 e. The molecule has 1 fully saturated rings. The van der Waals surface area contributed by atoms with Crippen molar-refractivity contribution in [2.24, 2.45) is 0 Å².